The van der Waals surface area contributed by atoms with E-state index in [0.717, 1.165) is 17.7 Å². The van der Waals surface area contributed by atoms with Crippen LogP contribution in [0.4, 0.5) is 4.39 Å². The van der Waals surface area contributed by atoms with E-state index < -0.39 is 15.8 Å². The van der Waals surface area contributed by atoms with Crippen molar-refractivity contribution in [3.05, 3.63) is 64.9 Å². The summed E-state index contributed by atoms with van der Waals surface area (Å²) in [6.07, 6.45) is 0.509. The van der Waals surface area contributed by atoms with Gasteiger partial charge in [-0.3, -0.25) is 0 Å². The summed E-state index contributed by atoms with van der Waals surface area (Å²) in [5, 5.41) is 0.0436. The van der Waals surface area contributed by atoms with E-state index in [1.165, 1.54) is 10.4 Å². The van der Waals surface area contributed by atoms with Gasteiger partial charge in [0.25, 0.3) is 0 Å². The molecule has 2 aromatic rings. The molecule has 8 heteroatoms. The lowest BCUT2D eigenvalue weighted by Gasteiger charge is -2.22. The van der Waals surface area contributed by atoms with Crippen LogP contribution >= 0.6 is 24.0 Å². The highest BCUT2D eigenvalue weighted by molar-refractivity contribution is 7.89. The third-order valence-electron chi connectivity index (χ3n) is 3.29. The van der Waals surface area contributed by atoms with E-state index in [1.807, 2.05) is 30.3 Å². The zero-order valence-corrected chi connectivity index (χ0v) is 15.2. The lowest BCUT2D eigenvalue weighted by Crippen LogP contribution is -2.32. The summed E-state index contributed by atoms with van der Waals surface area (Å²) in [7, 11) is -3.86. The van der Waals surface area contributed by atoms with E-state index in [0.29, 0.717) is 13.0 Å². The molecule has 132 valence electrons. The monoisotopic (exact) mass is 392 g/mol. The van der Waals surface area contributed by atoms with E-state index in [1.54, 1.807) is 0 Å². The fraction of sp³-hybridized carbons (Fsp3) is 0.250. The van der Waals surface area contributed by atoms with Crippen molar-refractivity contribution in [2.75, 3.05) is 13.1 Å². The molecule has 0 saturated heterocycles. The molecule has 2 rings (SSSR count). The van der Waals surface area contributed by atoms with Crippen LogP contribution in [0, 0.1) is 5.82 Å². The molecule has 0 spiro atoms. The second-order valence-corrected chi connectivity index (χ2v) is 7.45. The Kier molecular flexibility index (Phi) is 8.12. The van der Waals surface area contributed by atoms with E-state index in [2.05, 4.69) is 0 Å². The normalized spacial score (nSPS) is 11.3. The molecule has 0 bridgehead atoms. The summed E-state index contributed by atoms with van der Waals surface area (Å²) < 4.78 is 40.4. The Labute approximate surface area is 152 Å². The summed E-state index contributed by atoms with van der Waals surface area (Å²) in [4.78, 5) is -0.157. The summed E-state index contributed by atoms with van der Waals surface area (Å²) in [6, 6.07) is 12.5. The van der Waals surface area contributed by atoms with E-state index in [-0.39, 0.29) is 35.4 Å². The second-order valence-electron chi connectivity index (χ2n) is 5.07. The first kappa shape index (κ1) is 20.9. The van der Waals surface area contributed by atoms with Crippen molar-refractivity contribution in [1.29, 1.82) is 0 Å². The number of hydrogen-bond acceptors (Lipinski definition) is 3. The molecule has 0 aliphatic heterocycles. The Morgan fingerprint density at radius 1 is 1.12 bits per heavy atom. The molecule has 4 nitrogen and oxygen atoms in total. The molecule has 0 unspecified atom stereocenters. The van der Waals surface area contributed by atoms with Crippen LogP contribution in [0.3, 0.4) is 0 Å². The van der Waals surface area contributed by atoms with Crippen LogP contribution < -0.4 is 5.73 Å². The van der Waals surface area contributed by atoms with Gasteiger partial charge in [-0.25, -0.2) is 12.8 Å². The number of benzene rings is 2. The van der Waals surface area contributed by atoms with Gasteiger partial charge in [-0.15, -0.1) is 12.4 Å². The number of sulfonamides is 1. The number of hydrogen-bond donors (Lipinski definition) is 1. The maximum absolute atomic E-state index is 13.5. The van der Waals surface area contributed by atoms with Gasteiger partial charge in [-0.1, -0.05) is 41.9 Å². The minimum atomic E-state index is -3.86. The number of nitrogens with zero attached hydrogens (tertiary/aromatic N) is 1. The standard InChI is InChI=1S/C16H18ClFN2O2S.ClH/c17-14-9-15(18)11-16(10-14)23(21,22)20(8-4-7-19)12-13-5-2-1-3-6-13;/h1-3,5-6,9-11H,4,7-8,12,19H2;1H. The average Bonchev–Trinajstić information content (AvgIpc) is 2.51. The molecule has 0 atom stereocenters. The van der Waals surface area contributed by atoms with Gasteiger partial charge in [-0.2, -0.15) is 4.31 Å². The molecule has 24 heavy (non-hydrogen) atoms. The number of rotatable bonds is 7. The number of halogens is 3. The van der Waals surface area contributed by atoms with Crippen LogP contribution in [0.25, 0.3) is 0 Å². The topological polar surface area (TPSA) is 63.4 Å². The van der Waals surface area contributed by atoms with E-state index >= 15 is 0 Å². The molecule has 0 amide bonds. The van der Waals surface area contributed by atoms with Crippen LogP contribution in [0.2, 0.25) is 5.02 Å². The van der Waals surface area contributed by atoms with Gasteiger partial charge in [0.05, 0.1) is 4.90 Å². The highest BCUT2D eigenvalue weighted by atomic mass is 35.5. The van der Waals surface area contributed by atoms with Gasteiger partial charge >= 0.3 is 0 Å². The van der Waals surface area contributed by atoms with Crippen molar-refractivity contribution in [3.63, 3.8) is 0 Å². The maximum atomic E-state index is 13.5. The van der Waals surface area contributed by atoms with Crippen molar-refractivity contribution in [2.24, 2.45) is 5.73 Å². The van der Waals surface area contributed by atoms with Crippen LogP contribution in [0.15, 0.2) is 53.4 Å². The zero-order valence-electron chi connectivity index (χ0n) is 12.9. The molecule has 0 saturated carbocycles. The van der Waals surface area contributed by atoms with Crippen molar-refractivity contribution in [3.8, 4) is 0 Å². The quantitative estimate of drug-likeness (QED) is 0.784. The van der Waals surface area contributed by atoms with Crippen molar-refractivity contribution in [1.82, 2.24) is 4.31 Å². The molecular formula is C16H19Cl2FN2O2S. The molecule has 0 fully saturated rings. The van der Waals surface area contributed by atoms with Crippen molar-refractivity contribution >= 4 is 34.0 Å². The summed E-state index contributed by atoms with van der Waals surface area (Å²) in [6.45, 7) is 0.809. The third-order valence-corrected chi connectivity index (χ3v) is 5.33. The van der Waals surface area contributed by atoms with Gasteiger partial charge in [0.2, 0.25) is 10.0 Å². The third kappa shape index (κ3) is 5.43. The number of nitrogens with two attached hydrogens (primary N) is 1. The Morgan fingerprint density at radius 2 is 1.79 bits per heavy atom. The fourth-order valence-electron chi connectivity index (χ4n) is 2.17. The van der Waals surface area contributed by atoms with Crippen LogP contribution in [-0.2, 0) is 16.6 Å². The Balaban J connectivity index is 0.00000288. The van der Waals surface area contributed by atoms with Gasteiger partial charge in [0.15, 0.2) is 0 Å². The first-order chi connectivity index (χ1) is 10.9. The van der Waals surface area contributed by atoms with E-state index in [9.17, 15) is 12.8 Å². The van der Waals surface area contributed by atoms with E-state index in [4.69, 9.17) is 17.3 Å². The highest BCUT2D eigenvalue weighted by Gasteiger charge is 2.25. The molecule has 0 aliphatic rings. The molecule has 0 radical (unpaired) electrons. The molecule has 0 heterocycles. The van der Waals surface area contributed by atoms with Crippen LogP contribution in [-0.4, -0.2) is 25.8 Å². The van der Waals surface area contributed by atoms with Gasteiger partial charge in [0, 0.05) is 18.1 Å². The SMILES string of the molecule is Cl.NCCCN(Cc1ccccc1)S(=O)(=O)c1cc(F)cc(Cl)c1. The van der Waals surface area contributed by atoms with Crippen molar-refractivity contribution in [2.45, 2.75) is 17.9 Å². The summed E-state index contributed by atoms with van der Waals surface area (Å²) in [5.41, 5.74) is 6.34. The Morgan fingerprint density at radius 3 is 2.38 bits per heavy atom. The molecule has 0 aliphatic carbocycles. The molecule has 2 N–H and O–H groups in total. The molecule has 0 aromatic heterocycles. The lowest BCUT2D eigenvalue weighted by molar-refractivity contribution is 0.401. The van der Waals surface area contributed by atoms with Gasteiger partial charge < -0.3 is 5.73 Å². The molecular weight excluding hydrogens is 374 g/mol. The van der Waals surface area contributed by atoms with Crippen LogP contribution in [0.1, 0.15) is 12.0 Å². The zero-order chi connectivity index (χ0) is 16.9. The lowest BCUT2D eigenvalue weighted by atomic mass is 10.2. The smallest absolute Gasteiger partial charge is 0.243 e. The predicted octanol–water partition coefficient (Wildman–Crippen LogP) is 3.44. The van der Waals surface area contributed by atoms with Crippen molar-refractivity contribution < 1.29 is 12.8 Å². The van der Waals surface area contributed by atoms with Gasteiger partial charge in [-0.05, 0) is 36.7 Å². The maximum Gasteiger partial charge on any atom is 0.243 e. The average molecular weight is 393 g/mol. The predicted molar refractivity (Wildman–Crippen MR) is 96.4 cm³/mol. The highest BCUT2D eigenvalue weighted by Crippen LogP contribution is 2.23. The first-order valence-corrected chi connectivity index (χ1v) is 8.95. The minimum Gasteiger partial charge on any atom is -0.330 e. The Bertz CT molecular complexity index is 738. The largest absolute Gasteiger partial charge is 0.330 e. The van der Waals surface area contributed by atoms with Gasteiger partial charge in [0.1, 0.15) is 5.82 Å². The second kappa shape index (κ2) is 9.34. The minimum absolute atomic E-state index is 0. The Hall–Kier alpha value is -1.18. The van der Waals surface area contributed by atoms with Crippen LogP contribution in [0.5, 0.6) is 0 Å². The fourth-order valence-corrected chi connectivity index (χ4v) is 3.98. The first-order valence-electron chi connectivity index (χ1n) is 7.13. The summed E-state index contributed by atoms with van der Waals surface area (Å²) in [5.74, 6) is -0.686. The summed E-state index contributed by atoms with van der Waals surface area (Å²) >= 11 is 5.78. The molecule has 2 aromatic carbocycles.